The first-order chi connectivity index (χ1) is 8.47. The first kappa shape index (κ1) is 15.4. The lowest BCUT2D eigenvalue weighted by Crippen LogP contribution is -2.22. The largest absolute Gasteiger partial charge is 0.423 e. The summed E-state index contributed by atoms with van der Waals surface area (Å²) < 4.78 is 5.92. The monoisotopic (exact) mass is 266 g/mol. The number of hydrogen-bond donors (Lipinski definition) is 1. The number of aliphatic hydroxyl groups is 1. The van der Waals surface area contributed by atoms with E-state index in [1.54, 1.807) is 0 Å². The lowest BCUT2D eigenvalue weighted by molar-refractivity contribution is 0.277. The van der Waals surface area contributed by atoms with E-state index in [0.717, 1.165) is 18.6 Å². The molecule has 1 rings (SSSR count). The molecule has 3 heteroatoms. The normalized spacial score (nSPS) is 12.8. The van der Waals surface area contributed by atoms with Gasteiger partial charge in [0.2, 0.25) is 0 Å². The molecule has 0 aromatic heterocycles. The van der Waals surface area contributed by atoms with E-state index in [1.807, 2.05) is 18.2 Å². The molecule has 0 fully saturated rings. The van der Waals surface area contributed by atoms with Crippen molar-refractivity contribution in [1.82, 2.24) is 0 Å². The Morgan fingerprint density at radius 2 is 1.83 bits per heavy atom. The Morgan fingerprint density at radius 3 is 2.39 bits per heavy atom. The molecule has 0 aliphatic heterocycles. The summed E-state index contributed by atoms with van der Waals surface area (Å²) >= 11 is 0. The zero-order chi connectivity index (χ0) is 13.6. The summed E-state index contributed by atoms with van der Waals surface area (Å²) in [6.45, 7) is 10.0. The summed E-state index contributed by atoms with van der Waals surface area (Å²) in [5.41, 5.74) is 2.22. The standard InChI is InChI=1S/C15H26O2Si/c1-12(2)15(3,4)18-17-10-9-13-7-5-6-8-14(13)11-16/h5-8,12,16H,9-11,18H2,1-4H3. The van der Waals surface area contributed by atoms with Crippen molar-refractivity contribution in [2.45, 2.75) is 45.8 Å². The molecule has 0 amide bonds. The first-order valence-electron chi connectivity index (χ1n) is 6.72. The van der Waals surface area contributed by atoms with E-state index in [1.165, 1.54) is 5.56 Å². The third kappa shape index (κ3) is 4.56. The van der Waals surface area contributed by atoms with E-state index >= 15 is 0 Å². The lowest BCUT2D eigenvalue weighted by Gasteiger charge is -2.28. The smallest absolute Gasteiger partial charge is 0.167 e. The Balaban J connectivity index is 2.38. The molecule has 18 heavy (non-hydrogen) atoms. The van der Waals surface area contributed by atoms with Crippen LogP contribution in [0.5, 0.6) is 0 Å². The summed E-state index contributed by atoms with van der Waals surface area (Å²) in [5.74, 6) is 0.675. The molecular weight excluding hydrogens is 240 g/mol. The highest BCUT2D eigenvalue weighted by molar-refractivity contribution is 6.32. The van der Waals surface area contributed by atoms with E-state index in [2.05, 4.69) is 33.8 Å². The second-order valence-electron chi connectivity index (χ2n) is 5.87. The SMILES string of the molecule is CC(C)C(C)(C)[SiH2]OCCc1ccccc1CO. The predicted molar refractivity (Wildman–Crippen MR) is 79.4 cm³/mol. The summed E-state index contributed by atoms with van der Waals surface area (Å²) in [4.78, 5) is 0. The molecule has 0 spiro atoms. The number of benzene rings is 1. The zero-order valence-corrected chi connectivity index (χ0v) is 13.5. The summed E-state index contributed by atoms with van der Waals surface area (Å²) in [7, 11) is -0.505. The number of hydrogen-bond acceptors (Lipinski definition) is 2. The molecule has 0 aliphatic rings. The van der Waals surface area contributed by atoms with Crippen molar-refractivity contribution >= 4 is 9.76 Å². The molecule has 2 nitrogen and oxygen atoms in total. The molecular formula is C15H26O2Si. The topological polar surface area (TPSA) is 29.5 Å². The molecule has 0 heterocycles. The van der Waals surface area contributed by atoms with Crippen LogP contribution in [0.4, 0.5) is 0 Å². The van der Waals surface area contributed by atoms with E-state index in [9.17, 15) is 5.11 Å². The first-order valence-corrected chi connectivity index (χ1v) is 8.01. The second-order valence-corrected chi connectivity index (χ2v) is 8.39. The van der Waals surface area contributed by atoms with Gasteiger partial charge in [-0.25, -0.2) is 0 Å². The molecule has 1 N–H and O–H groups in total. The van der Waals surface area contributed by atoms with Gasteiger partial charge in [0.05, 0.1) is 6.61 Å². The Bertz CT molecular complexity index is 361. The third-order valence-corrected chi connectivity index (χ3v) is 5.89. The molecule has 1 aromatic carbocycles. The molecule has 0 unspecified atom stereocenters. The Morgan fingerprint density at radius 1 is 1.22 bits per heavy atom. The third-order valence-electron chi connectivity index (χ3n) is 3.84. The molecule has 0 atom stereocenters. The van der Waals surface area contributed by atoms with Crippen molar-refractivity contribution in [3.8, 4) is 0 Å². The maximum atomic E-state index is 9.24. The number of aliphatic hydroxyl groups excluding tert-OH is 1. The average molecular weight is 266 g/mol. The summed E-state index contributed by atoms with van der Waals surface area (Å²) in [6.07, 6.45) is 0.901. The van der Waals surface area contributed by atoms with Gasteiger partial charge in [0.25, 0.3) is 0 Å². The maximum Gasteiger partial charge on any atom is 0.167 e. The highest BCUT2D eigenvalue weighted by Gasteiger charge is 2.23. The minimum Gasteiger partial charge on any atom is -0.423 e. The Labute approximate surface area is 113 Å². The quantitative estimate of drug-likeness (QED) is 0.607. The van der Waals surface area contributed by atoms with Crippen LogP contribution in [-0.4, -0.2) is 21.5 Å². The molecule has 0 saturated heterocycles. The summed E-state index contributed by atoms with van der Waals surface area (Å²) in [6, 6.07) is 8.03. The fourth-order valence-electron chi connectivity index (χ4n) is 1.64. The van der Waals surface area contributed by atoms with Crippen molar-refractivity contribution in [2.75, 3.05) is 6.61 Å². The van der Waals surface area contributed by atoms with Crippen LogP contribution in [0.2, 0.25) is 5.04 Å². The fraction of sp³-hybridized carbons (Fsp3) is 0.600. The van der Waals surface area contributed by atoms with E-state index in [-0.39, 0.29) is 6.61 Å². The molecule has 102 valence electrons. The van der Waals surface area contributed by atoms with Gasteiger partial charge in [-0.15, -0.1) is 0 Å². The lowest BCUT2D eigenvalue weighted by atomic mass is 9.99. The van der Waals surface area contributed by atoms with Crippen LogP contribution in [0.3, 0.4) is 0 Å². The molecule has 0 bridgehead atoms. The van der Waals surface area contributed by atoms with Gasteiger partial charge in [-0.05, 0) is 28.5 Å². The predicted octanol–water partition coefficient (Wildman–Crippen LogP) is 2.68. The Hall–Kier alpha value is -0.643. The van der Waals surface area contributed by atoms with Crippen molar-refractivity contribution in [2.24, 2.45) is 5.92 Å². The Kier molecular flexibility index (Phi) is 6.06. The number of rotatable bonds is 7. The van der Waals surface area contributed by atoms with Crippen LogP contribution >= 0.6 is 0 Å². The van der Waals surface area contributed by atoms with E-state index < -0.39 is 9.76 Å². The van der Waals surface area contributed by atoms with Gasteiger partial charge in [-0.3, -0.25) is 0 Å². The van der Waals surface area contributed by atoms with Crippen LogP contribution in [0.25, 0.3) is 0 Å². The van der Waals surface area contributed by atoms with Crippen LogP contribution in [0.1, 0.15) is 38.8 Å². The molecule has 0 radical (unpaired) electrons. The fourth-order valence-corrected chi connectivity index (χ4v) is 2.79. The van der Waals surface area contributed by atoms with Gasteiger partial charge in [-0.2, -0.15) is 0 Å². The minimum atomic E-state index is -0.505. The van der Waals surface area contributed by atoms with Crippen molar-refractivity contribution in [1.29, 1.82) is 0 Å². The van der Waals surface area contributed by atoms with Crippen LogP contribution in [-0.2, 0) is 17.5 Å². The van der Waals surface area contributed by atoms with Crippen molar-refractivity contribution in [3.05, 3.63) is 35.4 Å². The van der Waals surface area contributed by atoms with Gasteiger partial charge < -0.3 is 9.53 Å². The maximum absolute atomic E-state index is 9.24. The zero-order valence-electron chi connectivity index (χ0n) is 12.1. The van der Waals surface area contributed by atoms with Crippen LogP contribution in [0.15, 0.2) is 24.3 Å². The van der Waals surface area contributed by atoms with E-state index in [0.29, 0.717) is 11.0 Å². The van der Waals surface area contributed by atoms with E-state index in [4.69, 9.17) is 4.43 Å². The highest BCUT2D eigenvalue weighted by Crippen LogP contribution is 2.32. The molecule has 0 aliphatic carbocycles. The second kappa shape index (κ2) is 7.07. The van der Waals surface area contributed by atoms with Crippen molar-refractivity contribution < 1.29 is 9.53 Å². The van der Waals surface area contributed by atoms with Crippen LogP contribution < -0.4 is 0 Å². The van der Waals surface area contributed by atoms with Crippen LogP contribution in [0, 0.1) is 5.92 Å². The van der Waals surface area contributed by atoms with Gasteiger partial charge in [-0.1, -0.05) is 52.0 Å². The van der Waals surface area contributed by atoms with Gasteiger partial charge in [0, 0.05) is 6.61 Å². The van der Waals surface area contributed by atoms with Crippen molar-refractivity contribution in [3.63, 3.8) is 0 Å². The minimum absolute atomic E-state index is 0.116. The van der Waals surface area contributed by atoms with Gasteiger partial charge in [0.1, 0.15) is 0 Å². The molecule has 0 saturated carbocycles. The van der Waals surface area contributed by atoms with Gasteiger partial charge >= 0.3 is 0 Å². The van der Waals surface area contributed by atoms with Gasteiger partial charge in [0.15, 0.2) is 9.76 Å². The summed E-state index contributed by atoms with van der Waals surface area (Å²) in [5, 5.41) is 9.60. The molecule has 1 aromatic rings. The average Bonchev–Trinajstić information content (AvgIpc) is 2.35. The highest BCUT2D eigenvalue weighted by atomic mass is 28.2.